The molecule has 0 saturated carbocycles. The van der Waals surface area contributed by atoms with Crippen molar-refractivity contribution < 1.29 is 27.2 Å². The molecule has 10 heteroatoms. The van der Waals surface area contributed by atoms with Gasteiger partial charge in [0, 0.05) is 24.5 Å². The summed E-state index contributed by atoms with van der Waals surface area (Å²) in [7, 11) is -4.05. The highest BCUT2D eigenvalue weighted by atomic mass is 32.2. The predicted octanol–water partition coefficient (Wildman–Crippen LogP) is 1.32. The molecule has 1 aromatic carbocycles. The number of nitrogens with one attached hydrogen (secondary N) is 1. The zero-order valence-electron chi connectivity index (χ0n) is 14.4. The second-order valence-corrected chi connectivity index (χ2v) is 7.52. The van der Waals surface area contributed by atoms with Crippen LogP contribution in [0, 0.1) is 0 Å². The van der Waals surface area contributed by atoms with Crippen molar-refractivity contribution in [2.75, 3.05) is 29.9 Å². The number of ether oxygens (including phenoxy) is 1. The number of benzene rings is 1. The van der Waals surface area contributed by atoms with Gasteiger partial charge in [-0.15, -0.1) is 0 Å². The first-order valence-corrected chi connectivity index (χ1v) is 9.82. The van der Waals surface area contributed by atoms with Crippen LogP contribution in [-0.2, 0) is 19.6 Å². The Balaban J connectivity index is 1.50. The molecule has 3 N–H and O–H groups in total. The van der Waals surface area contributed by atoms with Gasteiger partial charge >= 0.3 is 5.97 Å². The van der Waals surface area contributed by atoms with Crippen LogP contribution in [0.1, 0.15) is 23.4 Å². The summed E-state index contributed by atoms with van der Waals surface area (Å²) in [5, 5.41) is 6.94. The van der Waals surface area contributed by atoms with Gasteiger partial charge in [-0.1, -0.05) is 0 Å². The third kappa shape index (κ3) is 4.86. The summed E-state index contributed by atoms with van der Waals surface area (Å²) in [6.07, 6.45) is 2.36. The lowest BCUT2D eigenvalue weighted by molar-refractivity contribution is -0.119. The normalized spacial score (nSPS) is 14.2. The van der Waals surface area contributed by atoms with Crippen LogP contribution < -0.4 is 15.4 Å². The fourth-order valence-corrected chi connectivity index (χ4v) is 3.18. The van der Waals surface area contributed by atoms with Gasteiger partial charge in [-0.3, -0.25) is 4.79 Å². The Hall–Kier alpha value is -2.85. The molecule has 0 radical (unpaired) electrons. The molecule has 3 rings (SSSR count). The quantitative estimate of drug-likeness (QED) is 0.707. The van der Waals surface area contributed by atoms with Gasteiger partial charge in [0.2, 0.25) is 10.9 Å². The maximum absolute atomic E-state index is 11.9. The number of rotatable bonds is 6. The Kier molecular flexibility index (Phi) is 5.47. The van der Waals surface area contributed by atoms with Gasteiger partial charge in [0.05, 0.1) is 0 Å². The third-order valence-electron chi connectivity index (χ3n) is 4.02. The first-order valence-electron chi connectivity index (χ1n) is 8.27. The molecule has 0 spiro atoms. The number of carbonyl (C=O) groups excluding carboxylic acids is 2. The Labute approximate surface area is 156 Å². The zero-order valence-corrected chi connectivity index (χ0v) is 15.2. The van der Waals surface area contributed by atoms with Crippen molar-refractivity contribution in [3.63, 3.8) is 0 Å². The summed E-state index contributed by atoms with van der Waals surface area (Å²) in [4.78, 5) is 26.0. The minimum atomic E-state index is -4.05. The predicted molar refractivity (Wildman–Crippen MR) is 96.9 cm³/mol. The molecule has 0 aliphatic carbocycles. The maximum atomic E-state index is 11.9. The number of amides is 1. The Bertz CT molecular complexity index is 930. The van der Waals surface area contributed by atoms with Crippen LogP contribution >= 0.6 is 0 Å². The Morgan fingerprint density at radius 2 is 1.78 bits per heavy atom. The number of nitrogens with zero attached hydrogens (tertiary/aromatic N) is 1. The van der Waals surface area contributed by atoms with Crippen molar-refractivity contribution in [3.8, 4) is 0 Å². The molecule has 1 aliphatic heterocycles. The third-order valence-corrected chi connectivity index (χ3v) is 4.80. The molecule has 0 unspecified atom stereocenters. The molecule has 1 fully saturated rings. The second kappa shape index (κ2) is 7.80. The molecule has 27 heavy (non-hydrogen) atoms. The van der Waals surface area contributed by atoms with Gasteiger partial charge in [-0.05, 0) is 49.2 Å². The number of furan rings is 1. The van der Waals surface area contributed by atoms with E-state index in [-0.39, 0.29) is 5.76 Å². The van der Waals surface area contributed by atoms with E-state index in [0.717, 1.165) is 30.9 Å². The van der Waals surface area contributed by atoms with Crippen molar-refractivity contribution >= 4 is 33.3 Å². The van der Waals surface area contributed by atoms with Crippen LogP contribution in [0.2, 0.25) is 0 Å². The molecular formula is C17H19N3O6S. The number of hydrogen-bond donors (Lipinski definition) is 2. The van der Waals surface area contributed by atoms with E-state index >= 15 is 0 Å². The van der Waals surface area contributed by atoms with Gasteiger partial charge in [0.15, 0.2) is 6.61 Å². The number of carbonyl (C=O) groups is 2. The molecule has 9 nitrogen and oxygen atoms in total. The topological polar surface area (TPSA) is 132 Å². The standard InChI is InChI=1S/C17H19N3O6S/c18-27(23,24)16-8-7-14(26-16)17(22)25-11-15(21)19-12-3-5-13(6-4-12)20-9-1-2-10-20/h3-8H,1-2,9-11H2,(H,19,21)(H2,18,23,24). The van der Waals surface area contributed by atoms with Crippen LogP contribution in [0.4, 0.5) is 11.4 Å². The first-order chi connectivity index (χ1) is 12.8. The number of primary sulfonamides is 1. The summed E-state index contributed by atoms with van der Waals surface area (Å²) in [6.45, 7) is 1.52. The monoisotopic (exact) mass is 393 g/mol. The summed E-state index contributed by atoms with van der Waals surface area (Å²) >= 11 is 0. The number of hydrogen-bond acceptors (Lipinski definition) is 7. The minimum Gasteiger partial charge on any atom is -0.450 e. The van der Waals surface area contributed by atoms with Crippen molar-refractivity contribution in [1.29, 1.82) is 0 Å². The zero-order chi connectivity index (χ0) is 19.4. The number of anilines is 2. The van der Waals surface area contributed by atoms with E-state index in [4.69, 9.17) is 14.3 Å². The Morgan fingerprint density at radius 1 is 1.11 bits per heavy atom. The van der Waals surface area contributed by atoms with E-state index in [1.54, 1.807) is 12.1 Å². The lowest BCUT2D eigenvalue weighted by atomic mass is 10.2. The van der Waals surface area contributed by atoms with Crippen molar-refractivity contribution in [2.45, 2.75) is 17.9 Å². The van der Waals surface area contributed by atoms with E-state index in [1.807, 2.05) is 12.1 Å². The lowest BCUT2D eigenvalue weighted by Crippen LogP contribution is -2.21. The van der Waals surface area contributed by atoms with E-state index in [9.17, 15) is 18.0 Å². The van der Waals surface area contributed by atoms with E-state index in [2.05, 4.69) is 10.2 Å². The average molecular weight is 393 g/mol. The van der Waals surface area contributed by atoms with Crippen LogP contribution in [0.5, 0.6) is 0 Å². The van der Waals surface area contributed by atoms with Gasteiger partial charge < -0.3 is 19.4 Å². The van der Waals surface area contributed by atoms with E-state index < -0.39 is 33.6 Å². The fraction of sp³-hybridized carbons (Fsp3) is 0.294. The van der Waals surface area contributed by atoms with Crippen molar-refractivity contribution in [2.24, 2.45) is 5.14 Å². The molecule has 144 valence electrons. The molecule has 2 aromatic rings. The maximum Gasteiger partial charge on any atom is 0.374 e. The van der Waals surface area contributed by atoms with Crippen molar-refractivity contribution in [3.05, 3.63) is 42.2 Å². The summed E-state index contributed by atoms with van der Waals surface area (Å²) in [5.74, 6) is -1.86. The number of esters is 1. The Morgan fingerprint density at radius 3 is 2.37 bits per heavy atom. The SMILES string of the molecule is NS(=O)(=O)c1ccc(C(=O)OCC(=O)Nc2ccc(N3CCCC3)cc2)o1. The fourth-order valence-electron chi connectivity index (χ4n) is 2.71. The molecule has 1 saturated heterocycles. The van der Waals surface area contributed by atoms with Gasteiger partial charge in [-0.2, -0.15) is 0 Å². The van der Waals surface area contributed by atoms with Crippen LogP contribution in [0.25, 0.3) is 0 Å². The molecule has 1 amide bonds. The molecule has 0 bridgehead atoms. The largest absolute Gasteiger partial charge is 0.450 e. The molecule has 1 aliphatic rings. The molecule has 1 aromatic heterocycles. The van der Waals surface area contributed by atoms with E-state index in [1.165, 1.54) is 12.8 Å². The average Bonchev–Trinajstić information content (AvgIpc) is 3.31. The minimum absolute atomic E-state index is 0.359. The summed E-state index contributed by atoms with van der Waals surface area (Å²) < 4.78 is 31.8. The summed E-state index contributed by atoms with van der Waals surface area (Å²) in [5.41, 5.74) is 1.67. The molecular weight excluding hydrogens is 374 g/mol. The van der Waals surface area contributed by atoms with Gasteiger partial charge in [0.1, 0.15) is 0 Å². The van der Waals surface area contributed by atoms with Crippen LogP contribution in [-0.4, -0.2) is 40.0 Å². The highest BCUT2D eigenvalue weighted by Gasteiger charge is 2.19. The van der Waals surface area contributed by atoms with Crippen molar-refractivity contribution in [1.82, 2.24) is 0 Å². The van der Waals surface area contributed by atoms with E-state index in [0.29, 0.717) is 5.69 Å². The first kappa shape index (κ1) is 18.9. The number of sulfonamides is 1. The molecule has 2 heterocycles. The summed E-state index contributed by atoms with van der Waals surface area (Å²) in [6, 6.07) is 9.54. The van der Waals surface area contributed by atoms with Gasteiger partial charge in [-0.25, -0.2) is 18.4 Å². The lowest BCUT2D eigenvalue weighted by Gasteiger charge is -2.17. The van der Waals surface area contributed by atoms with Crippen LogP contribution in [0.15, 0.2) is 45.9 Å². The second-order valence-electron chi connectivity index (χ2n) is 6.03. The smallest absolute Gasteiger partial charge is 0.374 e. The highest BCUT2D eigenvalue weighted by Crippen LogP contribution is 2.22. The number of nitrogens with two attached hydrogens (primary N) is 1. The van der Waals surface area contributed by atoms with Crippen LogP contribution in [0.3, 0.4) is 0 Å². The highest BCUT2D eigenvalue weighted by molar-refractivity contribution is 7.89. The molecule has 0 atom stereocenters. The van der Waals surface area contributed by atoms with Gasteiger partial charge in [0.25, 0.3) is 15.9 Å².